The van der Waals surface area contributed by atoms with E-state index in [0.29, 0.717) is 19.3 Å². The Kier molecular flexibility index (Phi) is 40.8. The summed E-state index contributed by atoms with van der Waals surface area (Å²) in [5, 5.41) is 0. The second-order valence-corrected chi connectivity index (χ2v) is 17.7. The first-order valence-corrected chi connectivity index (χ1v) is 24.2. The molecular weight excluding hydrogens is 685 g/mol. The van der Waals surface area contributed by atoms with Gasteiger partial charge in [-0.05, 0) is 31.1 Å². The van der Waals surface area contributed by atoms with Crippen LogP contribution in [0.1, 0.15) is 266 Å². The van der Waals surface area contributed by atoms with Crippen molar-refractivity contribution in [1.29, 1.82) is 0 Å². The van der Waals surface area contributed by atoms with Crippen molar-refractivity contribution in [2.75, 3.05) is 13.2 Å². The Bertz CT molecular complexity index is 839. The first kappa shape index (κ1) is 53.4. The molecule has 0 N–H and O–H groups in total. The maximum absolute atomic E-state index is 12.7. The normalized spacial score (nSPS) is 12.1. The van der Waals surface area contributed by atoms with E-state index in [4.69, 9.17) is 14.2 Å². The zero-order valence-electron chi connectivity index (χ0n) is 37.6. The Labute approximate surface area is 342 Å². The molecular formula is C49H94O6. The number of hydrogen-bond donors (Lipinski definition) is 0. The van der Waals surface area contributed by atoms with Gasteiger partial charge in [0.15, 0.2) is 6.10 Å². The van der Waals surface area contributed by atoms with E-state index in [0.717, 1.165) is 69.6 Å². The minimum absolute atomic E-state index is 0.0645. The molecule has 0 aliphatic rings. The van der Waals surface area contributed by atoms with Crippen LogP contribution in [0.2, 0.25) is 0 Å². The smallest absolute Gasteiger partial charge is 0.306 e. The van der Waals surface area contributed by atoms with Crippen molar-refractivity contribution < 1.29 is 28.6 Å². The van der Waals surface area contributed by atoms with Gasteiger partial charge in [-0.3, -0.25) is 14.4 Å². The van der Waals surface area contributed by atoms with Crippen molar-refractivity contribution in [1.82, 2.24) is 0 Å². The molecule has 6 heteroatoms. The summed E-state index contributed by atoms with van der Waals surface area (Å²) in [6.45, 7) is 11.3. The summed E-state index contributed by atoms with van der Waals surface area (Å²) in [7, 11) is 0. The molecule has 0 unspecified atom stereocenters. The Balaban J connectivity index is 4.33. The Hall–Kier alpha value is -1.59. The third-order valence-corrected chi connectivity index (χ3v) is 11.0. The fraction of sp³-hybridized carbons (Fsp3) is 0.939. The van der Waals surface area contributed by atoms with Gasteiger partial charge in [-0.2, -0.15) is 0 Å². The summed E-state index contributed by atoms with van der Waals surface area (Å²) in [5.74, 6) is 0.770. The Morgan fingerprint density at radius 2 is 0.600 bits per heavy atom. The Morgan fingerprint density at radius 1 is 0.345 bits per heavy atom. The largest absolute Gasteiger partial charge is 0.462 e. The van der Waals surface area contributed by atoms with Crippen molar-refractivity contribution in [2.45, 2.75) is 272 Å². The number of esters is 3. The van der Waals surface area contributed by atoms with Gasteiger partial charge in [-0.1, -0.05) is 227 Å². The summed E-state index contributed by atoms with van der Waals surface area (Å²) in [4.78, 5) is 37.8. The lowest BCUT2D eigenvalue weighted by Crippen LogP contribution is -2.30. The van der Waals surface area contributed by atoms with Crippen molar-refractivity contribution in [3.8, 4) is 0 Å². The molecule has 0 fully saturated rings. The molecule has 0 aromatic rings. The second kappa shape index (κ2) is 42.0. The van der Waals surface area contributed by atoms with Crippen LogP contribution in [0.25, 0.3) is 0 Å². The van der Waals surface area contributed by atoms with Gasteiger partial charge >= 0.3 is 17.9 Å². The van der Waals surface area contributed by atoms with Crippen LogP contribution >= 0.6 is 0 Å². The summed E-state index contributed by atoms with van der Waals surface area (Å²) in [6, 6.07) is 0. The quantitative estimate of drug-likeness (QED) is 0.0348. The maximum Gasteiger partial charge on any atom is 0.306 e. The molecule has 0 aliphatic heterocycles. The molecule has 0 aromatic carbocycles. The zero-order chi connectivity index (χ0) is 40.5. The average Bonchev–Trinajstić information content (AvgIpc) is 3.15. The highest BCUT2D eigenvalue weighted by Crippen LogP contribution is 2.17. The van der Waals surface area contributed by atoms with Crippen molar-refractivity contribution >= 4 is 17.9 Å². The second-order valence-electron chi connectivity index (χ2n) is 17.7. The number of carbonyl (C=O) groups is 3. The van der Waals surface area contributed by atoms with Gasteiger partial charge in [0.2, 0.25) is 0 Å². The zero-order valence-corrected chi connectivity index (χ0v) is 37.6. The number of unbranched alkanes of at least 4 members (excludes halogenated alkanes) is 28. The first-order chi connectivity index (χ1) is 26.7. The average molecular weight is 779 g/mol. The van der Waals surface area contributed by atoms with E-state index in [1.54, 1.807) is 0 Å². The predicted molar refractivity (Wildman–Crippen MR) is 233 cm³/mol. The molecule has 0 heterocycles. The van der Waals surface area contributed by atoms with Crippen LogP contribution in [0.4, 0.5) is 0 Å². The van der Waals surface area contributed by atoms with Gasteiger partial charge in [0.25, 0.3) is 0 Å². The fourth-order valence-electron chi connectivity index (χ4n) is 7.28. The molecule has 0 aromatic heterocycles. The highest BCUT2D eigenvalue weighted by atomic mass is 16.6. The summed E-state index contributed by atoms with van der Waals surface area (Å²) in [6.07, 6.45) is 40.9. The van der Waals surface area contributed by atoms with Gasteiger partial charge in [0, 0.05) is 19.3 Å². The van der Waals surface area contributed by atoms with Crippen molar-refractivity contribution in [3.63, 3.8) is 0 Å². The lowest BCUT2D eigenvalue weighted by Gasteiger charge is -2.18. The van der Waals surface area contributed by atoms with Crippen LogP contribution in [0, 0.1) is 11.8 Å². The molecule has 0 spiro atoms. The molecule has 55 heavy (non-hydrogen) atoms. The van der Waals surface area contributed by atoms with Gasteiger partial charge in [-0.15, -0.1) is 0 Å². The highest BCUT2D eigenvalue weighted by molar-refractivity contribution is 5.71. The summed E-state index contributed by atoms with van der Waals surface area (Å²) < 4.78 is 16.8. The van der Waals surface area contributed by atoms with Crippen LogP contribution in [-0.2, 0) is 28.6 Å². The standard InChI is InChI=1S/C49H94O6/c1-6-7-8-9-10-11-12-13-19-24-29-34-39-47(50)53-42-46(55-49(52)41-36-31-26-21-16-18-23-28-33-38-45(4)5)43-54-48(51)40-35-30-25-20-15-14-17-22-27-32-37-44(2)3/h44-46H,6-43H2,1-5H3/t46-/m0/s1. The van der Waals surface area contributed by atoms with Gasteiger partial charge in [0.05, 0.1) is 0 Å². The van der Waals surface area contributed by atoms with E-state index < -0.39 is 6.10 Å². The number of rotatable bonds is 43. The summed E-state index contributed by atoms with van der Waals surface area (Å²) >= 11 is 0. The molecule has 0 bridgehead atoms. The van der Waals surface area contributed by atoms with Crippen LogP contribution in [0.15, 0.2) is 0 Å². The highest BCUT2D eigenvalue weighted by Gasteiger charge is 2.19. The molecule has 6 nitrogen and oxygen atoms in total. The molecule has 326 valence electrons. The van der Waals surface area contributed by atoms with Crippen molar-refractivity contribution in [2.24, 2.45) is 11.8 Å². The van der Waals surface area contributed by atoms with Crippen LogP contribution < -0.4 is 0 Å². The lowest BCUT2D eigenvalue weighted by atomic mass is 10.0. The number of carbonyl (C=O) groups excluding carboxylic acids is 3. The van der Waals surface area contributed by atoms with Gasteiger partial charge < -0.3 is 14.2 Å². The molecule has 0 aliphatic carbocycles. The fourth-order valence-corrected chi connectivity index (χ4v) is 7.28. The first-order valence-electron chi connectivity index (χ1n) is 24.2. The third kappa shape index (κ3) is 43.4. The molecule has 0 saturated heterocycles. The molecule has 0 radical (unpaired) electrons. The molecule has 0 saturated carbocycles. The molecule has 0 rings (SSSR count). The third-order valence-electron chi connectivity index (χ3n) is 11.0. The SMILES string of the molecule is CCCCCCCCCCCCCCC(=O)OC[C@@H](COC(=O)CCCCCCCCCCCCC(C)C)OC(=O)CCCCCCCCCCCC(C)C. The van der Waals surface area contributed by atoms with E-state index in [2.05, 4.69) is 34.6 Å². The minimum Gasteiger partial charge on any atom is -0.462 e. The monoisotopic (exact) mass is 779 g/mol. The predicted octanol–water partition coefficient (Wildman–Crippen LogP) is 15.4. The Morgan fingerprint density at radius 3 is 0.891 bits per heavy atom. The van der Waals surface area contributed by atoms with Crippen LogP contribution in [0.3, 0.4) is 0 Å². The maximum atomic E-state index is 12.7. The lowest BCUT2D eigenvalue weighted by molar-refractivity contribution is -0.167. The van der Waals surface area contributed by atoms with E-state index in [1.165, 1.54) is 154 Å². The van der Waals surface area contributed by atoms with Crippen LogP contribution in [-0.4, -0.2) is 37.2 Å². The van der Waals surface area contributed by atoms with Crippen molar-refractivity contribution in [3.05, 3.63) is 0 Å². The molecule has 1 atom stereocenters. The topological polar surface area (TPSA) is 78.9 Å². The number of hydrogen-bond acceptors (Lipinski definition) is 6. The molecule has 0 amide bonds. The van der Waals surface area contributed by atoms with E-state index in [-0.39, 0.29) is 31.1 Å². The van der Waals surface area contributed by atoms with E-state index >= 15 is 0 Å². The van der Waals surface area contributed by atoms with E-state index in [1.807, 2.05) is 0 Å². The van der Waals surface area contributed by atoms with Crippen LogP contribution in [0.5, 0.6) is 0 Å². The van der Waals surface area contributed by atoms with Gasteiger partial charge in [0.1, 0.15) is 13.2 Å². The van der Waals surface area contributed by atoms with E-state index in [9.17, 15) is 14.4 Å². The number of ether oxygens (including phenoxy) is 3. The summed E-state index contributed by atoms with van der Waals surface area (Å²) in [5.41, 5.74) is 0. The van der Waals surface area contributed by atoms with Gasteiger partial charge in [-0.25, -0.2) is 0 Å². The minimum atomic E-state index is -0.761.